The van der Waals surface area contributed by atoms with Gasteiger partial charge >= 0.3 is 0 Å². The minimum Gasteiger partial charge on any atom is -0.468 e. The van der Waals surface area contributed by atoms with Crippen LogP contribution in [0.25, 0.3) is 0 Å². The van der Waals surface area contributed by atoms with Gasteiger partial charge in [0.05, 0.1) is 11.2 Å². The summed E-state index contributed by atoms with van der Waals surface area (Å²) < 4.78 is 7.10. The van der Waals surface area contributed by atoms with Gasteiger partial charge in [0.25, 0.3) is 0 Å². The fraction of sp³-hybridized carbons (Fsp3) is 0.125. The molecule has 0 bridgehead atoms. The van der Waals surface area contributed by atoms with E-state index in [0.29, 0.717) is 0 Å². The lowest BCUT2D eigenvalue weighted by atomic mass is 10.5. The first kappa shape index (κ1) is 9.30. The maximum Gasteiger partial charge on any atom is 0.156 e. The van der Waals surface area contributed by atoms with Gasteiger partial charge in [-0.25, -0.2) is 4.98 Å². The SMILES string of the molecule is Cc1occc1Sc1nc(Br)cs1. The first-order chi connectivity index (χ1) is 6.25. The Kier molecular flexibility index (Phi) is 2.76. The van der Waals surface area contributed by atoms with Gasteiger partial charge in [-0.1, -0.05) is 11.8 Å². The summed E-state index contributed by atoms with van der Waals surface area (Å²) in [6.07, 6.45) is 1.69. The van der Waals surface area contributed by atoms with Crippen molar-refractivity contribution in [1.29, 1.82) is 0 Å². The number of rotatable bonds is 2. The number of thiazole rings is 1. The van der Waals surface area contributed by atoms with Gasteiger partial charge in [-0.3, -0.25) is 0 Å². The van der Waals surface area contributed by atoms with Gasteiger partial charge in [0.2, 0.25) is 0 Å². The Labute approximate surface area is 92.5 Å². The minimum absolute atomic E-state index is 0.890. The van der Waals surface area contributed by atoms with E-state index in [1.807, 2.05) is 18.4 Å². The summed E-state index contributed by atoms with van der Waals surface area (Å²) in [5.74, 6) is 0.941. The molecular formula is C8H6BrNOS2. The lowest BCUT2D eigenvalue weighted by Crippen LogP contribution is -1.70. The molecule has 68 valence electrons. The Bertz CT molecular complexity index is 410. The van der Waals surface area contributed by atoms with Crippen LogP contribution in [-0.4, -0.2) is 4.98 Å². The smallest absolute Gasteiger partial charge is 0.156 e. The molecule has 5 heteroatoms. The largest absolute Gasteiger partial charge is 0.468 e. The molecule has 0 amide bonds. The molecule has 0 atom stereocenters. The molecule has 2 aromatic rings. The number of furan rings is 1. The van der Waals surface area contributed by atoms with Gasteiger partial charge in [-0.2, -0.15) is 0 Å². The third-order valence-electron chi connectivity index (χ3n) is 1.46. The quantitative estimate of drug-likeness (QED) is 0.830. The molecule has 13 heavy (non-hydrogen) atoms. The summed E-state index contributed by atoms with van der Waals surface area (Å²) in [5.41, 5.74) is 0. The minimum atomic E-state index is 0.890. The maximum atomic E-state index is 5.19. The fourth-order valence-electron chi connectivity index (χ4n) is 0.859. The van der Waals surface area contributed by atoms with E-state index >= 15 is 0 Å². The molecule has 2 nitrogen and oxygen atoms in total. The zero-order valence-electron chi connectivity index (χ0n) is 6.78. The summed E-state index contributed by atoms with van der Waals surface area (Å²) in [4.78, 5) is 5.41. The predicted octanol–water partition coefficient (Wildman–Crippen LogP) is 3.96. The number of aromatic nitrogens is 1. The van der Waals surface area contributed by atoms with Crippen LogP contribution >= 0.6 is 39.0 Å². The molecule has 0 aromatic carbocycles. The highest BCUT2D eigenvalue weighted by molar-refractivity contribution is 9.10. The second kappa shape index (κ2) is 3.86. The van der Waals surface area contributed by atoms with Crippen molar-refractivity contribution < 1.29 is 4.42 Å². The second-order valence-corrected chi connectivity index (χ2v) is 5.34. The monoisotopic (exact) mass is 275 g/mol. The van der Waals surface area contributed by atoms with E-state index in [4.69, 9.17) is 4.42 Å². The maximum absolute atomic E-state index is 5.19. The van der Waals surface area contributed by atoms with Crippen LogP contribution < -0.4 is 0 Å². The van der Waals surface area contributed by atoms with E-state index < -0.39 is 0 Å². The van der Waals surface area contributed by atoms with Gasteiger partial charge in [0.1, 0.15) is 10.4 Å². The molecule has 0 fully saturated rings. The van der Waals surface area contributed by atoms with Crippen molar-refractivity contribution in [2.75, 3.05) is 0 Å². The van der Waals surface area contributed by atoms with Crippen LogP contribution in [0.3, 0.4) is 0 Å². The first-order valence-corrected chi connectivity index (χ1v) is 6.07. The molecule has 0 aliphatic heterocycles. The summed E-state index contributed by atoms with van der Waals surface area (Å²) in [7, 11) is 0. The van der Waals surface area contributed by atoms with Crippen LogP contribution in [-0.2, 0) is 0 Å². The summed E-state index contributed by atoms with van der Waals surface area (Å²) in [6.45, 7) is 1.95. The predicted molar refractivity (Wildman–Crippen MR) is 57.4 cm³/mol. The number of aryl methyl sites for hydroxylation is 1. The summed E-state index contributed by atoms with van der Waals surface area (Å²) in [6, 6.07) is 1.95. The van der Waals surface area contributed by atoms with Gasteiger partial charge in [0.15, 0.2) is 4.34 Å². The molecule has 2 rings (SSSR count). The first-order valence-electron chi connectivity index (χ1n) is 3.58. The molecule has 0 N–H and O–H groups in total. The van der Waals surface area contributed by atoms with Crippen molar-refractivity contribution in [3.8, 4) is 0 Å². The number of halogens is 1. The Morgan fingerprint density at radius 2 is 2.46 bits per heavy atom. The molecule has 0 unspecified atom stereocenters. The van der Waals surface area contributed by atoms with Gasteiger partial charge in [0, 0.05) is 5.38 Å². The van der Waals surface area contributed by atoms with E-state index in [1.54, 1.807) is 29.4 Å². The normalized spacial score (nSPS) is 10.6. The zero-order chi connectivity index (χ0) is 9.26. The Hall–Kier alpha value is -0.260. The highest BCUT2D eigenvalue weighted by atomic mass is 79.9. The third kappa shape index (κ3) is 2.15. The highest BCUT2D eigenvalue weighted by Crippen LogP contribution is 2.33. The lowest BCUT2D eigenvalue weighted by molar-refractivity contribution is 0.527. The van der Waals surface area contributed by atoms with Crippen LogP contribution in [0.5, 0.6) is 0 Å². The molecular weight excluding hydrogens is 270 g/mol. The lowest BCUT2D eigenvalue weighted by Gasteiger charge is -1.92. The van der Waals surface area contributed by atoms with E-state index in [0.717, 1.165) is 19.6 Å². The van der Waals surface area contributed by atoms with E-state index in [1.165, 1.54) is 0 Å². The second-order valence-electron chi connectivity index (χ2n) is 2.38. The molecule has 0 radical (unpaired) electrons. The van der Waals surface area contributed by atoms with Crippen LogP contribution in [0.4, 0.5) is 0 Å². The van der Waals surface area contributed by atoms with Gasteiger partial charge in [-0.05, 0) is 28.9 Å². The molecule has 0 saturated heterocycles. The Morgan fingerprint density at radius 1 is 1.62 bits per heavy atom. The van der Waals surface area contributed by atoms with Crippen molar-refractivity contribution >= 4 is 39.0 Å². The summed E-state index contributed by atoms with van der Waals surface area (Å²) >= 11 is 6.56. The van der Waals surface area contributed by atoms with Crippen molar-refractivity contribution in [3.05, 3.63) is 28.1 Å². The number of nitrogens with zero attached hydrogens (tertiary/aromatic N) is 1. The van der Waals surface area contributed by atoms with Crippen molar-refractivity contribution in [2.24, 2.45) is 0 Å². The van der Waals surface area contributed by atoms with Crippen molar-refractivity contribution in [1.82, 2.24) is 4.98 Å². The van der Waals surface area contributed by atoms with Gasteiger partial charge < -0.3 is 4.42 Å². The third-order valence-corrected chi connectivity index (χ3v) is 4.25. The van der Waals surface area contributed by atoms with E-state index in [9.17, 15) is 0 Å². The molecule has 0 spiro atoms. The molecule has 0 aliphatic carbocycles. The molecule has 2 aromatic heterocycles. The Morgan fingerprint density at radius 3 is 3.00 bits per heavy atom. The van der Waals surface area contributed by atoms with Crippen LogP contribution in [0, 0.1) is 6.92 Å². The standard InChI is InChI=1S/C8H6BrNOS2/c1-5-6(2-3-11-5)13-8-10-7(9)4-12-8/h2-4H,1H3. The average molecular weight is 276 g/mol. The van der Waals surface area contributed by atoms with Gasteiger partial charge in [-0.15, -0.1) is 11.3 Å². The van der Waals surface area contributed by atoms with Crippen LogP contribution in [0.2, 0.25) is 0 Å². The van der Waals surface area contributed by atoms with Crippen LogP contribution in [0.1, 0.15) is 5.76 Å². The van der Waals surface area contributed by atoms with Crippen LogP contribution in [0.15, 0.2) is 36.0 Å². The van der Waals surface area contributed by atoms with Crippen molar-refractivity contribution in [3.63, 3.8) is 0 Å². The number of hydrogen-bond acceptors (Lipinski definition) is 4. The molecule has 0 aliphatic rings. The topological polar surface area (TPSA) is 26.0 Å². The fourth-order valence-corrected chi connectivity index (χ4v) is 3.21. The zero-order valence-corrected chi connectivity index (χ0v) is 10.0. The van der Waals surface area contributed by atoms with Crippen molar-refractivity contribution in [2.45, 2.75) is 16.2 Å². The molecule has 0 saturated carbocycles. The molecule has 2 heterocycles. The summed E-state index contributed by atoms with van der Waals surface area (Å²) in [5, 5.41) is 1.97. The Balaban J connectivity index is 2.19. The number of hydrogen-bond donors (Lipinski definition) is 0. The van der Waals surface area contributed by atoms with E-state index in [2.05, 4.69) is 20.9 Å². The van der Waals surface area contributed by atoms with E-state index in [-0.39, 0.29) is 0 Å². The average Bonchev–Trinajstić information content (AvgIpc) is 2.64. The highest BCUT2D eigenvalue weighted by Gasteiger charge is 2.06.